The largest absolute Gasteiger partial charge is 0.380 e. The molecule has 0 fully saturated rings. The predicted molar refractivity (Wildman–Crippen MR) is 79.0 cm³/mol. The van der Waals surface area contributed by atoms with Gasteiger partial charge >= 0.3 is 0 Å². The minimum Gasteiger partial charge on any atom is -0.380 e. The first kappa shape index (κ1) is 15.9. The minimum absolute atomic E-state index is 0.0364. The van der Waals surface area contributed by atoms with E-state index in [-0.39, 0.29) is 17.0 Å². The van der Waals surface area contributed by atoms with Crippen molar-refractivity contribution in [3.8, 4) is 0 Å². The average Bonchev–Trinajstić information content (AvgIpc) is 2.35. The van der Waals surface area contributed by atoms with E-state index in [1.165, 1.54) is 6.07 Å². The smallest absolute Gasteiger partial charge is 0.293 e. The molecule has 0 aliphatic heterocycles. The third-order valence-electron chi connectivity index (χ3n) is 2.60. The molecule has 2 N–H and O–H groups in total. The SMILES string of the molecule is CCNc1ccc(C(=O)NCC(C)(C)C)cc1[N+](=O)[O-]. The van der Waals surface area contributed by atoms with Gasteiger partial charge in [0.1, 0.15) is 5.69 Å². The Bertz CT molecular complexity index is 507. The fourth-order valence-electron chi connectivity index (χ4n) is 1.61. The average molecular weight is 279 g/mol. The Morgan fingerprint density at radius 2 is 2.00 bits per heavy atom. The van der Waals surface area contributed by atoms with Crippen molar-refractivity contribution in [1.29, 1.82) is 0 Å². The molecule has 1 rings (SSSR count). The predicted octanol–water partition coefficient (Wildman–Crippen LogP) is 2.80. The molecule has 110 valence electrons. The third-order valence-corrected chi connectivity index (χ3v) is 2.60. The number of hydrogen-bond acceptors (Lipinski definition) is 4. The van der Waals surface area contributed by atoms with Gasteiger partial charge in [0, 0.05) is 24.7 Å². The fourth-order valence-corrected chi connectivity index (χ4v) is 1.61. The standard InChI is InChI=1S/C14H21N3O3/c1-5-15-11-7-6-10(8-12(11)17(19)20)13(18)16-9-14(2,3)4/h6-8,15H,5,9H2,1-4H3,(H,16,18). The topological polar surface area (TPSA) is 84.3 Å². The van der Waals surface area contributed by atoms with Crippen LogP contribution in [0.3, 0.4) is 0 Å². The van der Waals surface area contributed by atoms with Gasteiger partial charge in [0.05, 0.1) is 4.92 Å². The van der Waals surface area contributed by atoms with Gasteiger partial charge in [0.2, 0.25) is 0 Å². The summed E-state index contributed by atoms with van der Waals surface area (Å²) in [6, 6.07) is 4.45. The van der Waals surface area contributed by atoms with Crippen molar-refractivity contribution in [2.24, 2.45) is 5.41 Å². The maximum Gasteiger partial charge on any atom is 0.293 e. The quantitative estimate of drug-likeness (QED) is 0.641. The first-order chi connectivity index (χ1) is 9.24. The van der Waals surface area contributed by atoms with Gasteiger partial charge in [0.15, 0.2) is 0 Å². The Kier molecular flexibility index (Phi) is 5.07. The molecule has 1 amide bonds. The number of carbonyl (C=O) groups excluding carboxylic acids is 1. The monoisotopic (exact) mass is 279 g/mol. The van der Waals surface area contributed by atoms with Crippen molar-refractivity contribution in [3.05, 3.63) is 33.9 Å². The van der Waals surface area contributed by atoms with Crippen LogP contribution in [-0.2, 0) is 0 Å². The molecule has 1 aromatic carbocycles. The van der Waals surface area contributed by atoms with Crippen LogP contribution in [0.1, 0.15) is 38.1 Å². The highest BCUT2D eigenvalue weighted by Crippen LogP contribution is 2.25. The number of amides is 1. The first-order valence-electron chi connectivity index (χ1n) is 6.55. The van der Waals surface area contributed by atoms with E-state index in [0.29, 0.717) is 24.3 Å². The van der Waals surface area contributed by atoms with Crippen LogP contribution < -0.4 is 10.6 Å². The van der Waals surface area contributed by atoms with Crippen molar-refractivity contribution in [3.63, 3.8) is 0 Å². The second-order valence-corrected chi connectivity index (χ2v) is 5.76. The van der Waals surface area contributed by atoms with Crippen LogP contribution >= 0.6 is 0 Å². The first-order valence-corrected chi connectivity index (χ1v) is 6.55. The van der Waals surface area contributed by atoms with Crippen LogP contribution in [0.2, 0.25) is 0 Å². The highest BCUT2D eigenvalue weighted by molar-refractivity contribution is 5.95. The molecule has 0 radical (unpaired) electrons. The summed E-state index contributed by atoms with van der Waals surface area (Å²) in [5.41, 5.74) is 0.591. The number of benzene rings is 1. The number of rotatable bonds is 5. The number of nitrogens with one attached hydrogen (secondary N) is 2. The summed E-state index contributed by atoms with van der Waals surface area (Å²) in [4.78, 5) is 22.5. The van der Waals surface area contributed by atoms with Gasteiger partial charge in [-0.3, -0.25) is 14.9 Å². The molecule has 0 unspecified atom stereocenters. The van der Waals surface area contributed by atoms with Crippen LogP contribution in [0.25, 0.3) is 0 Å². The molecule has 0 saturated carbocycles. The maximum absolute atomic E-state index is 12.0. The van der Waals surface area contributed by atoms with Crippen LogP contribution in [0.4, 0.5) is 11.4 Å². The molecule has 0 atom stereocenters. The molecule has 0 saturated heterocycles. The highest BCUT2D eigenvalue weighted by atomic mass is 16.6. The van der Waals surface area contributed by atoms with Crippen molar-refractivity contribution in [2.75, 3.05) is 18.4 Å². The normalized spacial score (nSPS) is 11.0. The van der Waals surface area contributed by atoms with E-state index in [9.17, 15) is 14.9 Å². The van der Waals surface area contributed by atoms with Crippen molar-refractivity contribution >= 4 is 17.3 Å². The van der Waals surface area contributed by atoms with Crippen molar-refractivity contribution in [1.82, 2.24) is 5.32 Å². The number of nitrogens with zero attached hydrogens (tertiary/aromatic N) is 1. The van der Waals surface area contributed by atoms with Crippen molar-refractivity contribution in [2.45, 2.75) is 27.7 Å². The molecular weight excluding hydrogens is 258 g/mol. The Balaban J connectivity index is 2.94. The Morgan fingerprint density at radius 3 is 2.50 bits per heavy atom. The molecule has 0 aliphatic carbocycles. The lowest BCUT2D eigenvalue weighted by molar-refractivity contribution is -0.384. The zero-order valence-corrected chi connectivity index (χ0v) is 12.3. The van der Waals surface area contributed by atoms with E-state index >= 15 is 0 Å². The molecule has 20 heavy (non-hydrogen) atoms. The number of hydrogen-bond donors (Lipinski definition) is 2. The summed E-state index contributed by atoms with van der Waals surface area (Å²) >= 11 is 0. The summed E-state index contributed by atoms with van der Waals surface area (Å²) in [5, 5.41) is 16.7. The van der Waals surface area contributed by atoms with E-state index in [2.05, 4.69) is 10.6 Å². The molecule has 0 heterocycles. The Hall–Kier alpha value is -2.11. The van der Waals surface area contributed by atoms with E-state index in [0.717, 1.165) is 0 Å². The molecule has 1 aromatic rings. The number of nitro groups is 1. The molecule has 0 aliphatic rings. The number of anilines is 1. The molecule has 0 bridgehead atoms. The summed E-state index contributed by atoms with van der Waals surface area (Å²) in [5.74, 6) is -0.300. The van der Waals surface area contributed by atoms with Gasteiger partial charge < -0.3 is 10.6 Å². The maximum atomic E-state index is 12.0. The van der Waals surface area contributed by atoms with Crippen molar-refractivity contribution < 1.29 is 9.72 Å². The summed E-state index contributed by atoms with van der Waals surface area (Å²) in [6.07, 6.45) is 0. The number of nitro benzene ring substituents is 1. The summed E-state index contributed by atoms with van der Waals surface area (Å²) in [6.45, 7) is 8.96. The highest BCUT2D eigenvalue weighted by Gasteiger charge is 2.18. The molecule has 6 heteroatoms. The Morgan fingerprint density at radius 1 is 1.35 bits per heavy atom. The van der Waals surface area contributed by atoms with Gasteiger partial charge in [0.25, 0.3) is 11.6 Å². The third kappa shape index (κ3) is 4.53. The van der Waals surface area contributed by atoms with E-state index in [1.807, 2.05) is 27.7 Å². The second kappa shape index (κ2) is 6.36. The van der Waals surface area contributed by atoms with Gasteiger partial charge in [-0.05, 0) is 24.5 Å². The Labute approximate surface area is 118 Å². The fraction of sp³-hybridized carbons (Fsp3) is 0.500. The van der Waals surface area contributed by atoms with E-state index < -0.39 is 4.92 Å². The number of carbonyl (C=O) groups is 1. The van der Waals surface area contributed by atoms with Crippen LogP contribution in [0.15, 0.2) is 18.2 Å². The zero-order chi connectivity index (χ0) is 15.3. The zero-order valence-electron chi connectivity index (χ0n) is 12.3. The second-order valence-electron chi connectivity index (χ2n) is 5.76. The van der Waals surface area contributed by atoms with Crippen LogP contribution in [0, 0.1) is 15.5 Å². The summed E-state index contributed by atoms with van der Waals surface area (Å²) in [7, 11) is 0. The lowest BCUT2D eigenvalue weighted by Gasteiger charge is -2.18. The molecule has 0 spiro atoms. The molecular formula is C14H21N3O3. The van der Waals surface area contributed by atoms with E-state index in [1.54, 1.807) is 12.1 Å². The van der Waals surface area contributed by atoms with Crippen LogP contribution in [-0.4, -0.2) is 23.9 Å². The summed E-state index contributed by atoms with van der Waals surface area (Å²) < 4.78 is 0. The van der Waals surface area contributed by atoms with Gasteiger partial charge in [-0.15, -0.1) is 0 Å². The lowest BCUT2D eigenvalue weighted by atomic mass is 9.97. The van der Waals surface area contributed by atoms with Crippen LogP contribution in [0.5, 0.6) is 0 Å². The van der Waals surface area contributed by atoms with Gasteiger partial charge in [-0.25, -0.2) is 0 Å². The van der Waals surface area contributed by atoms with Gasteiger partial charge in [-0.2, -0.15) is 0 Å². The molecule has 0 aromatic heterocycles. The minimum atomic E-state index is -0.488. The lowest BCUT2D eigenvalue weighted by Crippen LogP contribution is -2.32. The van der Waals surface area contributed by atoms with Gasteiger partial charge in [-0.1, -0.05) is 20.8 Å². The molecule has 6 nitrogen and oxygen atoms in total. The van der Waals surface area contributed by atoms with E-state index in [4.69, 9.17) is 0 Å².